The van der Waals surface area contributed by atoms with Crippen molar-refractivity contribution >= 4 is 10.8 Å². The minimum absolute atomic E-state index is 0.257. The minimum Gasteiger partial charge on any atom is -0.403 e. The van der Waals surface area contributed by atoms with Crippen LogP contribution in [0.3, 0.4) is 0 Å². The molecule has 0 heterocycles. The number of aryl methyl sites for hydroxylation is 3. The second kappa shape index (κ2) is 12.1. The summed E-state index contributed by atoms with van der Waals surface area (Å²) in [4.78, 5) is 0. The highest BCUT2D eigenvalue weighted by Gasteiger charge is 2.32. The second-order valence-electron chi connectivity index (χ2n) is 9.19. The number of rotatable bonds is 8. The summed E-state index contributed by atoms with van der Waals surface area (Å²) in [5.41, 5.74) is 3.87. The average Bonchev–Trinajstić information content (AvgIpc) is 2.89. The zero-order valence-corrected chi connectivity index (χ0v) is 21.0. The van der Waals surface area contributed by atoms with Crippen molar-refractivity contribution in [2.45, 2.75) is 51.8 Å². The van der Waals surface area contributed by atoms with Gasteiger partial charge in [-0.15, -0.1) is 13.2 Å². The van der Waals surface area contributed by atoms with Crippen molar-refractivity contribution < 1.29 is 26.7 Å². The minimum atomic E-state index is -4.97. The van der Waals surface area contributed by atoms with Gasteiger partial charge >= 0.3 is 6.36 Å². The van der Waals surface area contributed by atoms with Crippen LogP contribution >= 0.6 is 0 Å². The van der Waals surface area contributed by atoms with E-state index in [1.54, 1.807) is 18.2 Å². The zero-order chi connectivity index (χ0) is 27.1. The standard InChI is InChI=1S/C32H27F5O/c1-2-3-4-5-22-6-8-23(9-7-22)10-11-24-13-18-28-27(20-24)17-16-26(31(28)34)15-12-25-14-19-30(29(33)21-25)38-32(35,36)37/h6-9,13-14,16-21H,2-5,12,15H2,1H3. The molecule has 0 N–H and O–H groups in total. The van der Waals surface area contributed by atoms with E-state index in [-0.39, 0.29) is 18.7 Å². The Labute approximate surface area is 219 Å². The molecule has 0 saturated heterocycles. The Bertz CT molecular complexity index is 1460. The van der Waals surface area contributed by atoms with Crippen molar-refractivity contribution in [1.82, 2.24) is 0 Å². The van der Waals surface area contributed by atoms with Gasteiger partial charge in [0.25, 0.3) is 0 Å². The van der Waals surface area contributed by atoms with Gasteiger partial charge in [-0.1, -0.05) is 68.0 Å². The Balaban J connectivity index is 1.43. The molecule has 1 nitrogen and oxygen atoms in total. The molecular weight excluding hydrogens is 495 g/mol. The molecule has 0 bridgehead atoms. The van der Waals surface area contributed by atoms with E-state index in [0.717, 1.165) is 29.7 Å². The monoisotopic (exact) mass is 522 g/mol. The number of alkyl halides is 3. The third-order valence-corrected chi connectivity index (χ3v) is 6.31. The molecule has 0 aromatic heterocycles. The van der Waals surface area contributed by atoms with Crippen LogP contribution in [0, 0.1) is 23.5 Å². The van der Waals surface area contributed by atoms with Crippen molar-refractivity contribution in [1.29, 1.82) is 0 Å². The van der Waals surface area contributed by atoms with Crippen LogP contribution in [0.4, 0.5) is 22.0 Å². The molecule has 4 aromatic carbocycles. The highest BCUT2D eigenvalue weighted by molar-refractivity contribution is 5.85. The normalized spacial score (nSPS) is 11.3. The fourth-order valence-electron chi connectivity index (χ4n) is 4.27. The Morgan fingerprint density at radius 3 is 2.13 bits per heavy atom. The number of hydrogen-bond acceptors (Lipinski definition) is 1. The molecule has 38 heavy (non-hydrogen) atoms. The van der Waals surface area contributed by atoms with E-state index >= 15 is 4.39 Å². The van der Waals surface area contributed by atoms with Gasteiger partial charge in [0.1, 0.15) is 5.82 Å². The Morgan fingerprint density at radius 1 is 0.711 bits per heavy atom. The average molecular weight is 523 g/mol. The van der Waals surface area contributed by atoms with E-state index in [4.69, 9.17) is 0 Å². The molecule has 0 atom stereocenters. The topological polar surface area (TPSA) is 9.23 Å². The molecular formula is C32H27F5O. The van der Waals surface area contributed by atoms with Crippen LogP contribution < -0.4 is 4.74 Å². The smallest absolute Gasteiger partial charge is 0.403 e. The van der Waals surface area contributed by atoms with Crippen molar-refractivity contribution in [3.05, 3.63) is 112 Å². The molecule has 0 fully saturated rings. The largest absolute Gasteiger partial charge is 0.573 e. The number of fused-ring (bicyclic) bond motifs is 1. The van der Waals surface area contributed by atoms with Gasteiger partial charge in [-0.25, -0.2) is 8.78 Å². The van der Waals surface area contributed by atoms with Gasteiger partial charge in [0, 0.05) is 16.5 Å². The summed E-state index contributed by atoms with van der Waals surface area (Å²) >= 11 is 0. The molecule has 0 aliphatic heterocycles. The van der Waals surface area contributed by atoms with Gasteiger partial charge in [0.2, 0.25) is 0 Å². The molecule has 0 radical (unpaired) electrons. The molecule has 0 aliphatic rings. The van der Waals surface area contributed by atoms with Crippen molar-refractivity contribution in [3.63, 3.8) is 0 Å². The third-order valence-electron chi connectivity index (χ3n) is 6.31. The van der Waals surface area contributed by atoms with E-state index in [1.807, 2.05) is 24.3 Å². The molecule has 0 amide bonds. The Morgan fingerprint density at radius 2 is 1.42 bits per heavy atom. The molecule has 0 unspecified atom stereocenters. The first-order valence-electron chi connectivity index (χ1n) is 12.6. The number of ether oxygens (including phenoxy) is 1. The van der Waals surface area contributed by atoms with E-state index in [0.29, 0.717) is 21.9 Å². The van der Waals surface area contributed by atoms with E-state index in [9.17, 15) is 17.6 Å². The van der Waals surface area contributed by atoms with Gasteiger partial charge in [0.05, 0.1) is 0 Å². The number of hydrogen-bond donors (Lipinski definition) is 0. The van der Waals surface area contributed by atoms with Crippen molar-refractivity contribution in [3.8, 4) is 17.6 Å². The first-order chi connectivity index (χ1) is 18.2. The summed E-state index contributed by atoms with van der Waals surface area (Å²) in [5.74, 6) is 3.92. The predicted molar refractivity (Wildman–Crippen MR) is 140 cm³/mol. The lowest BCUT2D eigenvalue weighted by Crippen LogP contribution is -2.18. The van der Waals surface area contributed by atoms with Gasteiger partial charge in [-0.2, -0.15) is 0 Å². The lowest BCUT2D eigenvalue weighted by Gasteiger charge is -2.11. The fourth-order valence-corrected chi connectivity index (χ4v) is 4.27. The molecule has 196 valence electrons. The van der Waals surface area contributed by atoms with Crippen LogP contribution in [0.2, 0.25) is 0 Å². The first kappa shape index (κ1) is 27.2. The molecule has 0 aliphatic carbocycles. The maximum Gasteiger partial charge on any atom is 0.573 e. The summed E-state index contributed by atoms with van der Waals surface area (Å²) < 4.78 is 69.8. The Kier molecular flexibility index (Phi) is 8.68. The molecule has 0 saturated carbocycles. The third kappa shape index (κ3) is 7.35. The van der Waals surface area contributed by atoms with E-state index in [1.165, 1.54) is 30.9 Å². The van der Waals surface area contributed by atoms with Gasteiger partial charge in [-0.05, 0) is 84.2 Å². The quantitative estimate of drug-likeness (QED) is 0.128. The summed E-state index contributed by atoms with van der Waals surface area (Å²) in [6.07, 6.45) is 0.223. The molecule has 0 spiro atoms. The van der Waals surface area contributed by atoms with Crippen molar-refractivity contribution in [2.75, 3.05) is 0 Å². The fraction of sp³-hybridized carbons (Fsp3) is 0.250. The van der Waals surface area contributed by atoms with Gasteiger partial charge in [0.15, 0.2) is 11.6 Å². The maximum atomic E-state index is 15.2. The van der Waals surface area contributed by atoms with E-state index < -0.39 is 17.9 Å². The van der Waals surface area contributed by atoms with Crippen molar-refractivity contribution in [2.24, 2.45) is 0 Å². The molecule has 6 heteroatoms. The first-order valence-corrected chi connectivity index (χ1v) is 12.6. The summed E-state index contributed by atoms with van der Waals surface area (Å²) in [7, 11) is 0. The predicted octanol–water partition coefficient (Wildman–Crippen LogP) is 8.93. The van der Waals surface area contributed by atoms with Crippen LogP contribution in [0.25, 0.3) is 10.8 Å². The van der Waals surface area contributed by atoms with E-state index in [2.05, 4.69) is 35.6 Å². The summed E-state index contributed by atoms with van der Waals surface area (Å²) in [6.45, 7) is 2.19. The van der Waals surface area contributed by atoms with Crippen LogP contribution in [0.15, 0.2) is 72.8 Å². The van der Waals surface area contributed by atoms with Crippen LogP contribution in [0.5, 0.6) is 5.75 Å². The molecule has 4 aromatic rings. The SMILES string of the molecule is CCCCCc1ccc(C#Cc2ccc3c(F)c(CCc4ccc(OC(F)(F)F)c(F)c4)ccc3c2)cc1. The lowest BCUT2D eigenvalue weighted by molar-refractivity contribution is -0.275. The highest BCUT2D eigenvalue weighted by atomic mass is 19.4. The number of benzene rings is 4. The number of unbranched alkanes of at least 4 members (excludes halogenated alkanes) is 2. The van der Waals surface area contributed by atoms with Crippen LogP contribution in [-0.4, -0.2) is 6.36 Å². The molecule has 4 rings (SSSR count). The highest BCUT2D eigenvalue weighted by Crippen LogP contribution is 2.27. The lowest BCUT2D eigenvalue weighted by atomic mass is 9.99. The number of halogens is 5. The summed E-state index contributed by atoms with van der Waals surface area (Å²) in [5, 5.41) is 1.16. The van der Waals surface area contributed by atoms with Gasteiger partial charge in [-0.3, -0.25) is 0 Å². The van der Waals surface area contributed by atoms with Crippen LogP contribution in [0.1, 0.15) is 54.0 Å². The zero-order valence-electron chi connectivity index (χ0n) is 21.0. The van der Waals surface area contributed by atoms with Crippen LogP contribution in [-0.2, 0) is 19.3 Å². The summed E-state index contributed by atoms with van der Waals surface area (Å²) in [6, 6.07) is 20.3. The maximum absolute atomic E-state index is 15.2. The Hall–Kier alpha value is -3.85. The van der Waals surface area contributed by atoms with Gasteiger partial charge < -0.3 is 4.74 Å². The second-order valence-corrected chi connectivity index (χ2v) is 9.19.